The van der Waals surface area contributed by atoms with Crippen molar-refractivity contribution in [2.75, 3.05) is 32.0 Å². The van der Waals surface area contributed by atoms with Crippen molar-refractivity contribution in [3.05, 3.63) is 29.3 Å². The molecule has 1 aliphatic rings. The first kappa shape index (κ1) is 13.7. The van der Waals surface area contributed by atoms with Crippen LogP contribution < -0.4 is 5.73 Å². The van der Waals surface area contributed by atoms with Gasteiger partial charge in [-0.25, -0.2) is 8.78 Å². The van der Waals surface area contributed by atoms with Gasteiger partial charge in [-0.2, -0.15) is 0 Å². The van der Waals surface area contributed by atoms with Crippen LogP contribution in [0, 0.1) is 11.6 Å². The number of ether oxygens (including phenoxy) is 1. The summed E-state index contributed by atoms with van der Waals surface area (Å²) in [5.74, 6) is -2.72. The lowest BCUT2D eigenvalue weighted by Gasteiger charge is -2.32. The third kappa shape index (κ3) is 2.82. The maximum absolute atomic E-state index is 13.2. The first-order chi connectivity index (χ1) is 9.02. The minimum absolute atomic E-state index is 0.0857. The summed E-state index contributed by atoms with van der Waals surface area (Å²) in [5.41, 5.74) is 5.33. The highest BCUT2D eigenvalue weighted by molar-refractivity contribution is 5.99. The van der Waals surface area contributed by atoms with Gasteiger partial charge in [0.1, 0.15) is 0 Å². The van der Waals surface area contributed by atoms with Gasteiger partial charge in [-0.3, -0.25) is 4.79 Å². The zero-order valence-corrected chi connectivity index (χ0v) is 10.1. The lowest BCUT2D eigenvalue weighted by molar-refractivity contribution is -0.0447. The second-order valence-corrected chi connectivity index (χ2v) is 4.28. The second-order valence-electron chi connectivity index (χ2n) is 4.28. The number of aliphatic hydroxyl groups excluding tert-OH is 1. The zero-order valence-electron chi connectivity index (χ0n) is 10.1. The van der Waals surface area contributed by atoms with Crippen LogP contribution in [0.5, 0.6) is 0 Å². The maximum atomic E-state index is 13.2. The number of rotatable bonds is 2. The molecule has 0 spiro atoms. The Morgan fingerprint density at radius 3 is 2.84 bits per heavy atom. The standard InChI is InChI=1S/C12H14F2N2O3/c13-9-3-8(11(15)4-10(9)14)12(18)16-1-2-19-7(5-16)6-17/h3-4,7,17H,1-2,5-6,15H2. The number of morpholine rings is 1. The number of nitrogen functional groups attached to an aromatic ring is 1. The Balaban J connectivity index is 2.22. The van der Waals surface area contributed by atoms with Crippen molar-refractivity contribution < 1.29 is 23.4 Å². The van der Waals surface area contributed by atoms with Crippen molar-refractivity contribution in [1.29, 1.82) is 0 Å². The number of halogens is 2. The summed E-state index contributed by atoms with van der Waals surface area (Å²) in [5, 5.41) is 9.00. The fourth-order valence-corrected chi connectivity index (χ4v) is 1.93. The quantitative estimate of drug-likeness (QED) is 0.763. The normalized spacial score (nSPS) is 19.5. The monoisotopic (exact) mass is 272 g/mol. The number of benzene rings is 1. The van der Waals surface area contributed by atoms with E-state index in [1.165, 1.54) is 4.90 Å². The highest BCUT2D eigenvalue weighted by Gasteiger charge is 2.26. The van der Waals surface area contributed by atoms with Crippen molar-refractivity contribution in [1.82, 2.24) is 4.90 Å². The van der Waals surface area contributed by atoms with Gasteiger partial charge in [-0.15, -0.1) is 0 Å². The minimum atomic E-state index is -1.12. The fraction of sp³-hybridized carbons (Fsp3) is 0.417. The lowest BCUT2D eigenvalue weighted by Crippen LogP contribution is -2.47. The summed E-state index contributed by atoms with van der Waals surface area (Å²) in [6.07, 6.45) is -0.468. The largest absolute Gasteiger partial charge is 0.398 e. The van der Waals surface area contributed by atoms with E-state index in [2.05, 4.69) is 0 Å². The molecule has 1 heterocycles. The van der Waals surface area contributed by atoms with E-state index in [0.717, 1.165) is 12.1 Å². The molecule has 1 aromatic rings. The van der Waals surface area contributed by atoms with E-state index in [1.807, 2.05) is 0 Å². The number of carbonyl (C=O) groups is 1. The van der Waals surface area contributed by atoms with Crippen molar-refractivity contribution in [2.45, 2.75) is 6.10 Å². The Morgan fingerprint density at radius 1 is 1.47 bits per heavy atom. The molecule has 1 unspecified atom stereocenters. The van der Waals surface area contributed by atoms with Gasteiger partial charge in [0, 0.05) is 24.8 Å². The average Bonchev–Trinajstić information content (AvgIpc) is 2.42. The molecular weight excluding hydrogens is 258 g/mol. The zero-order chi connectivity index (χ0) is 14.0. The number of nitrogens with zero attached hydrogens (tertiary/aromatic N) is 1. The molecule has 0 aromatic heterocycles. The van der Waals surface area contributed by atoms with Crippen LogP contribution in [0.15, 0.2) is 12.1 Å². The molecular formula is C12H14F2N2O3. The van der Waals surface area contributed by atoms with Crippen LogP contribution >= 0.6 is 0 Å². The summed E-state index contributed by atoms with van der Waals surface area (Å²) in [4.78, 5) is 13.6. The van der Waals surface area contributed by atoms with Gasteiger partial charge in [0.2, 0.25) is 0 Å². The fourth-order valence-electron chi connectivity index (χ4n) is 1.93. The van der Waals surface area contributed by atoms with Gasteiger partial charge in [0.05, 0.1) is 24.9 Å². The molecule has 0 bridgehead atoms. The Bertz CT molecular complexity index is 496. The van der Waals surface area contributed by atoms with Gasteiger partial charge < -0.3 is 20.5 Å². The number of nitrogens with two attached hydrogens (primary N) is 1. The molecule has 5 nitrogen and oxygen atoms in total. The number of anilines is 1. The van der Waals surface area contributed by atoms with Crippen LogP contribution in [0.25, 0.3) is 0 Å². The SMILES string of the molecule is Nc1cc(F)c(F)cc1C(=O)N1CCOC(CO)C1. The Hall–Kier alpha value is -1.73. The van der Waals surface area contributed by atoms with Crippen LogP contribution in [0.1, 0.15) is 10.4 Å². The molecule has 1 amide bonds. The van der Waals surface area contributed by atoms with Gasteiger partial charge in [0.25, 0.3) is 5.91 Å². The first-order valence-electron chi connectivity index (χ1n) is 5.79. The van der Waals surface area contributed by atoms with Crippen LogP contribution in [0.4, 0.5) is 14.5 Å². The minimum Gasteiger partial charge on any atom is -0.398 e. The van der Waals surface area contributed by atoms with E-state index >= 15 is 0 Å². The molecule has 1 fully saturated rings. The molecule has 3 N–H and O–H groups in total. The summed E-state index contributed by atoms with van der Waals surface area (Å²) < 4.78 is 31.3. The number of hydrogen-bond donors (Lipinski definition) is 2. The number of amides is 1. The van der Waals surface area contributed by atoms with Crippen LogP contribution in [0.3, 0.4) is 0 Å². The Morgan fingerprint density at radius 2 is 2.16 bits per heavy atom. The van der Waals surface area contributed by atoms with E-state index in [1.54, 1.807) is 0 Å². The van der Waals surface area contributed by atoms with E-state index in [9.17, 15) is 13.6 Å². The first-order valence-corrected chi connectivity index (χ1v) is 5.79. The number of hydrogen-bond acceptors (Lipinski definition) is 4. The molecule has 104 valence electrons. The molecule has 0 aliphatic carbocycles. The third-order valence-electron chi connectivity index (χ3n) is 2.95. The predicted molar refractivity (Wildman–Crippen MR) is 63.5 cm³/mol. The van der Waals surface area contributed by atoms with Crippen molar-refractivity contribution in [2.24, 2.45) is 0 Å². The predicted octanol–water partition coefficient (Wildman–Crippen LogP) is 0.380. The van der Waals surface area contributed by atoms with Gasteiger partial charge in [0.15, 0.2) is 11.6 Å². The molecule has 1 aromatic carbocycles. The molecule has 1 saturated heterocycles. The highest BCUT2D eigenvalue weighted by Crippen LogP contribution is 2.20. The molecule has 0 saturated carbocycles. The second kappa shape index (κ2) is 5.50. The topological polar surface area (TPSA) is 75.8 Å². The van der Waals surface area contributed by atoms with Crippen molar-refractivity contribution in [3.63, 3.8) is 0 Å². The molecule has 0 radical (unpaired) electrons. The Kier molecular flexibility index (Phi) is 3.96. The van der Waals surface area contributed by atoms with Gasteiger partial charge >= 0.3 is 0 Å². The summed E-state index contributed by atoms with van der Waals surface area (Å²) in [7, 11) is 0. The molecule has 1 aliphatic heterocycles. The smallest absolute Gasteiger partial charge is 0.256 e. The Labute approximate surface area is 108 Å². The van der Waals surface area contributed by atoms with Crippen LogP contribution in [0.2, 0.25) is 0 Å². The van der Waals surface area contributed by atoms with Gasteiger partial charge in [-0.05, 0) is 6.07 Å². The van der Waals surface area contributed by atoms with E-state index < -0.39 is 23.6 Å². The highest BCUT2D eigenvalue weighted by atomic mass is 19.2. The van der Waals surface area contributed by atoms with Crippen LogP contribution in [-0.2, 0) is 4.74 Å². The van der Waals surface area contributed by atoms with E-state index in [-0.39, 0.29) is 31.0 Å². The number of carbonyl (C=O) groups excluding carboxylic acids is 1. The van der Waals surface area contributed by atoms with E-state index in [4.69, 9.17) is 15.6 Å². The number of aliphatic hydroxyl groups is 1. The summed E-state index contributed by atoms with van der Waals surface area (Å²) >= 11 is 0. The summed E-state index contributed by atoms with van der Waals surface area (Å²) in [6, 6.07) is 1.57. The molecule has 2 rings (SSSR count). The average molecular weight is 272 g/mol. The summed E-state index contributed by atoms with van der Waals surface area (Å²) in [6.45, 7) is 0.569. The molecule has 7 heteroatoms. The van der Waals surface area contributed by atoms with Crippen molar-refractivity contribution >= 4 is 11.6 Å². The lowest BCUT2D eigenvalue weighted by atomic mass is 10.1. The van der Waals surface area contributed by atoms with Crippen molar-refractivity contribution in [3.8, 4) is 0 Å². The molecule has 1 atom stereocenters. The van der Waals surface area contributed by atoms with E-state index in [0.29, 0.717) is 6.54 Å². The maximum Gasteiger partial charge on any atom is 0.256 e. The van der Waals surface area contributed by atoms with Crippen LogP contribution in [-0.4, -0.2) is 48.3 Å². The third-order valence-corrected chi connectivity index (χ3v) is 2.95. The molecule has 19 heavy (non-hydrogen) atoms. The van der Waals surface area contributed by atoms with Gasteiger partial charge in [-0.1, -0.05) is 0 Å².